The van der Waals surface area contributed by atoms with E-state index in [2.05, 4.69) is 20.8 Å². The van der Waals surface area contributed by atoms with Gasteiger partial charge in [0.15, 0.2) is 0 Å². The van der Waals surface area contributed by atoms with E-state index in [1.807, 2.05) is 13.8 Å². The van der Waals surface area contributed by atoms with Crippen LogP contribution in [0.4, 0.5) is 0 Å². The first-order chi connectivity index (χ1) is 7.83. The number of aliphatic hydroxyl groups excluding tert-OH is 1. The van der Waals surface area contributed by atoms with E-state index < -0.39 is 0 Å². The van der Waals surface area contributed by atoms with Gasteiger partial charge in [-0.3, -0.25) is 0 Å². The van der Waals surface area contributed by atoms with Crippen molar-refractivity contribution in [3.63, 3.8) is 0 Å². The Bertz CT molecular complexity index is 168. The van der Waals surface area contributed by atoms with E-state index in [1.165, 1.54) is 0 Å². The van der Waals surface area contributed by atoms with E-state index in [9.17, 15) is 0 Å². The predicted octanol–water partition coefficient (Wildman–Crippen LogP) is 2.86. The first kappa shape index (κ1) is 16.9. The standard InChI is InChI=1S/C14H30O3/c1-6-13(2,3)11-16-8-7-9-17-12-14(4,5)10-15/h15H,6-12H2,1-5H3. The fourth-order valence-corrected chi connectivity index (χ4v) is 1.11. The molecule has 104 valence electrons. The zero-order chi connectivity index (χ0) is 13.4. The van der Waals surface area contributed by atoms with Crippen molar-refractivity contribution in [2.75, 3.05) is 33.0 Å². The summed E-state index contributed by atoms with van der Waals surface area (Å²) in [4.78, 5) is 0. The second kappa shape index (κ2) is 8.06. The van der Waals surface area contributed by atoms with Crippen molar-refractivity contribution in [2.45, 2.75) is 47.5 Å². The third-order valence-electron chi connectivity index (χ3n) is 2.95. The molecule has 0 aliphatic carbocycles. The summed E-state index contributed by atoms with van der Waals surface area (Å²) in [5.41, 5.74) is 0.144. The summed E-state index contributed by atoms with van der Waals surface area (Å²) in [6.45, 7) is 13.6. The zero-order valence-electron chi connectivity index (χ0n) is 12.2. The van der Waals surface area contributed by atoms with Gasteiger partial charge in [0.05, 0.1) is 19.8 Å². The highest BCUT2D eigenvalue weighted by atomic mass is 16.5. The summed E-state index contributed by atoms with van der Waals surface area (Å²) in [6.07, 6.45) is 2.05. The molecule has 0 radical (unpaired) electrons. The molecule has 1 N–H and O–H groups in total. The highest BCUT2D eigenvalue weighted by Gasteiger charge is 2.16. The topological polar surface area (TPSA) is 38.7 Å². The van der Waals surface area contributed by atoms with Gasteiger partial charge in [-0.2, -0.15) is 0 Å². The lowest BCUT2D eigenvalue weighted by molar-refractivity contribution is 0.00829. The van der Waals surface area contributed by atoms with Crippen molar-refractivity contribution >= 4 is 0 Å². The van der Waals surface area contributed by atoms with Gasteiger partial charge in [0.2, 0.25) is 0 Å². The van der Waals surface area contributed by atoms with E-state index in [4.69, 9.17) is 14.6 Å². The second-order valence-electron chi connectivity index (χ2n) is 6.30. The fraction of sp³-hybridized carbons (Fsp3) is 1.00. The molecular weight excluding hydrogens is 216 g/mol. The van der Waals surface area contributed by atoms with Crippen LogP contribution in [0.3, 0.4) is 0 Å². The molecular formula is C14H30O3. The van der Waals surface area contributed by atoms with Gasteiger partial charge in [-0.1, -0.05) is 34.6 Å². The van der Waals surface area contributed by atoms with Crippen LogP contribution in [0.15, 0.2) is 0 Å². The first-order valence-electron chi connectivity index (χ1n) is 6.59. The van der Waals surface area contributed by atoms with Gasteiger partial charge in [-0.15, -0.1) is 0 Å². The van der Waals surface area contributed by atoms with Crippen molar-refractivity contribution < 1.29 is 14.6 Å². The van der Waals surface area contributed by atoms with E-state index in [0.29, 0.717) is 13.2 Å². The number of hydrogen-bond acceptors (Lipinski definition) is 3. The van der Waals surface area contributed by atoms with Crippen LogP contribution < -0.4 is 0 Å². The Morgan fingerprint density at radius 3 is 1.76 bits per heavy atom. The molecule has 0 bridgehead atoms. The Hall–Kier alpha value is -0.120. The highest BCUT2D eigenvalue weighted by molar-refractivity contribution is 4.65. The predicted molar refractivity (Wildman–Crippen MR) is 71.2 cm³/mol. The van der Waals surface area contributed by atoms with Crippen molar-refractivity contribution in [2.24, 2.45) is 10.8 Å². The molecule has 0 spiro atoms. The summed E-state index contributed by atoms with van der Waals surface area (Å²) in [6, 6.07) is 0. The van der Waals surface area contributed by atoms with Crippen LogP contribution >= 0.6 is 0 Å². The molecule has 0 unspecified atom stereocenters. The molecule has 0 aromatic heterocycles. The molecule has 0 heterocycles. The van der Waals surface area contributed by atoms with E-state index >= 15 is 0 Å². The lowest BCUT2D eigenvalue weighted by atomic mass is 9.92. The van der Waals surface area contributed by atoms with Gasteiger partial charge in [0, 0.05) is 18.6 Å². The van der Waals surface area contributed by atoms with Crippen molar-refractivity contribution in [1.82, 2.24) is 0 Å². The third kappa shape index (κ3) is 9.57. The van der Waals surface area contributed by atoms with Gasteiger partial charge in [-0.05, 0) is 18.3 Å². The Kier molecular flexibility index (Phi) is 8.01. The number of rotatable bonds is 10. The summed E-state index contributed by atoms with van der Waals surface area (Å²) in [7, 11) is 0. The summed E-state index contributed by atoms with van der Waals surface area (Å²) < 4.78 is 11.1. The third-order valence-corrected chi connectivity index (χ3v) is 2.95. The summed E-state index contributed by atoms with van der Waals surface area (Å²) >= 11 is 0. The van der Waals surface area contributed by atoms with Crippen LogP contribution in [0.2, 0.25) is 0 Å². The molecule has 0 saturated carbocycles. The maximum Gasteiger partial charge on any atom is 0.0539 e. The number of hydrogen-bond donors (Lipinski definition) is 1. The van der Waals surface area contributed by atoms with Crippen LogP contribution in [-0.2, 0) is 9.47 Å². The molecule has 0 amide bonds. The van der Waals surface area contributed by atoms with E-state index in [1.54, 1.807) is 0 Å². The maximum atomic E-state index is 9.05. The molecule has 0 atom stereocenters. The highest BCUT2D eigenvalue weighted by Crippen LogP contribution is 2.19. The Labute approximate surface area is 107 Å². The smallest absolute Gasteiger partial charge is 0.0539 e. The van der Waals surface area contributed by atoms with Gasteiger partial charge < -0.3 is 14.6 Å². The summed E-state index contributed by atoms with van der Waals surface area (Å²) in [5.74, 6) is 0. The van der Waals surface area contributed by atoms with Crippen molar-refractivity contribution in [3.05, 3.63) is 0 Å². The largest absolute Gasteiger partial charge is 0.396 e. The van der Waals surface area contributed by atoms with Crippen molar-refractivity contribution in [1.29, 1.82) is 0 Å². The number of ether oxygens (including phenoxy) is 2. The van der Waals surface area contributed by atoms with E-state index in [-0.39, 0.29) is 17.4 Å². The van der Waals surface area contributed by atoms with Gasteiger partial charge in [0.25, 0.3) is 0 Å². The molecule has 3 nitrogen and oxygen atoms in total. The Morgan fingerprint density at radius 2 is 1.35 bits per heavy atom. The fourth-order valence-electron chi connectivity index (χ4n) is 1.11. The van der Waals surface area contributed by atoms with Gasteiger partial charge in [0.1, 0.15) is 0 Å². The Balaban J connectivity index is 3.36. The molecule has 3 heteroatoms. The minimum absolute atomic E-state index is 0.134. The summed E-state index contributed by atoms with van der Waals surface area (Å²) in [5, 5.41) is 9.05. The minimum Gasteiger partial charge on any atom is -0.396 e. The van der Waals surface area contributed by atoms with Crippen molar-refractivity contribution in [3.8, 4) is 0 Å². The molecule has 17 heavy (non-hydrogen) atoms. The van der Waals surface area contributed by atoms with Crippen LogP contribution in [0, 0.1) is 10.8 Å². The SMILES string of the molecule is CCC(C)(C)COCCCOCC(C)(C)CO. The van der Waals surface area contributed by atoms with Crippen LogP contribution in [0.5, 0.6) is 0 Å². The second-order valence-corrected chi connectivity index (χ2v) is 6.30. The first-order valence-corrected chi connectivity index (χ1v) is 6.59. The average Bonchev–Trinajstić information content (AvgIpc) is 2.27. The lowest BCUT2D eigenvalue weighted by Gasteiger charge is -2.23. The zero-order valence-corrected chi connectivity index (χ0v) is 12.2. The van der Waals surface area contributed by atoms with Gasteiger partial charge >= 0.3 is 0 Å². The molecule has 0 rings (SSSR count). The molecule has 0 aliphatic rings. The molecule has 0 aromatic rings. The Morgan fingerprint density at radius 1 is 0.882 bits per heavy atom. The van der Waals surface area contributed by atoms with Crippen LogP contribution in [-0.4, -0.2) is 38.1 Å². The minimum atomic E-state index is -0.134. The normalized spacial score (nSPS) is 13.1. The van der Waals surface area contributed by atoms with Crippen LogP contribution in [0.25, 0.3) is 0 Å². The maximum absolute atomic E-state index is 9.05. The quantitative estimate of drug-likeness (QED) is 0.602. The van der Waals surface area contributed by atoms with Gasteiger partial charge in [-0.25, -0.2) is 0 Å². The number of aliphatic hydroxyl groups is 1. The molecule has 0 aliphatic heterocycles. The monoisotopic (exact) mass is 246 g/mol. The average molecular weight is 246 g/mol. The van der Waals surface area contributed by atoms with Crippen LogP contribution in [0.1, 0.15) is 47.5 Å². The lowest BCUT2D eigenvalue weighted by Crippen LogP contribution is -2.24. The van der Waals surface area contributed by atoms with E-state index in [0.717, 1.165) is 26.1 Å². The molecule has 0 aromatic carbocycles. The molecule has 0 saturated heterocycles. The molecule has 0 fully saturated rings.